The minimum absolute atomic E-state index is 0.240. The number of rotatable bonds is 7. The van der Waals surface area contributed by atoms with Crippen LogP contribution in [0.25, 0.3) is 0 Å². The Kier molecular flexibility index (Phi) is 7.89. The molecule has 0 amide bonds. The topological polar surface area (TPSA) is 35.5 Å². The molecule has 0 radical (unpaired) electrons. The summed E-state index contributed by atoms with van der Waals surface area (Å²) in [6, 6.07) is 0. The Morgan fingerprint density at radius 3 is 2.64 bits per heavy atom. The maximum atomic E-state index is 8.45. The molecular formula is C8H20N2O. The van der Waals surface area contributed by atoms with Crippen LogP contribution < -0.4 is 5.32 Å². The van der Waals surface area contributed by atoms with Crippen LogP contribution in [0.15, 0.2) is 0 Å². The molecule has 0 fully saturated rings. The molecule has 0 heterocycles. The van der Waals surface area contributed by atoms with Crippen LogP contribution in [0.2, 0.25) is 0 Å². The first-order valence-electron chi connectivity index (χ1n) is 4.31. The van der Waals surface area contributed by atoms with Gasteiger partial charge in [0.2, 0.25) is 0 Å². The predicted molar refractivity (Wildman–Crippen MR) is 47.7 cm³/mol. The zero-order valence-electron chi connectivity index (χ0n) is 7.64. The summed E-state index contributed by atoms with van der Waals surface area (Å²) in [7, 11) is 2.12. The van der Waals surface area contributed by atoms with Crippen molar-refractivity contribution in [2.24, 2.45) is 0 Å². The Labute approximate surface area is 69.4 Å². The highest BCUT2D eigenvalue weighted by atomic mass is 16.3. The van der Waals surface area contributed by atoms with Gasteiger partial charge in [0.05, 0.1) is 6.61 Å². The Bertz CT molecular complexity index is 78.5. The van der Waals surface area contributed by atoms with E-state index in [0.717, 1.165) is 32.6 Å². The Hall–Kier alpha value is -0.120. The molecule has 3 heteroatoms. The van der Waals surface area contributed by atoms with Crippen molar-refractivity contribution in [3.05, 3.63) is 0 Å². The first kappa shape index (κ1) is 10.9. The van der Waals surface area contributed by atoms with E-state index in [1.807, 2.05) is 0 Å². The summed E-state index contributed by atoms with van der Waals surface area (Å²) >= 11 is 0. The molecule has 68 valence electrons. The van der Waals surface area contributed by atoms with Crippen LogP contribution in [0, 0.1) is 0 Å². The normalized spacial score (nSPS) is 10.9. The number of nitrogens with one attached hydrogen (secondary N) is 1. The van der Waals surface area contributed by atoms with E-state index in [1.165, 1.54) is 0 Å². The third-order valence-electron chi connectivity index (χ3n) is 1.72. The number of hydrogen-bond acceptors (Lipinski definition) is 3. The van der Waals surface area contributed by atoms with Gasteiger partial charge in [-0.1, -0.05) is 6.92 Å². The smallest absolute Gasteiger partial charge is 0.0555 e. The minimum atomic E-state index is 0.240. The van der Waals surface area contributed by atoms with Crippen molar-refractivity contribution in [2.45, 2.75) is 13.3 Å². The summed E-state index contributed by atoms with van der Waals surface area (Å²) in [5.74, 6) is 0. The largest absolute Gasteiger partial charge is 0.395 e. The van der Waals surface area contributed by atoms with Gasteiger partial charge in [0, 0.05) is 6.54 Å². The summed E-state index contributed by atoms with van der Waals surface area (Å²) < 4.78 is 0. The highest BCUT2D eigenvalue weighted by molar-refractivity contribution is 4.51. The number of aliphatic hydroxyl groups is 1. The number of hydrogen-bond donors (Lipinski definition) is 2. The Morgan fingerprint density at radius 1 is 1.36 bits per heavy atom. The monoisotopic (exact) mass is 160 g/mol. The SMILES string of the molecule is CCN(C)CCCNCCO. The van der Waals surface area contributed by atoms with Gasteiger partial charge >= 0.3 is 0 Å². The van der Waals surface area contributed by atoms with Gasteiger partial charge < -0.3 is 15.3 Å². The van der Waals surface area contributed by atoms with Crippen molar-refractivity contribution in [2.75, 3.05) is 39.8 Å². The van der Waals surface area contributed by atoms with E-state index in [9.17, 15) is 0 Å². The van der Waals surface area contributed by atoms with Crippen LogP contribution in [0.4, 0.5) is 0 Å². The lowest BCUT2D eigenvalue weighted by atomic mass is 10.4. The van der Waals surface area contributed by atoms with Crippen molar-refractivity contribution < 1.29 is 5.11 Å². The molecule has 0 saturated heterocycles. The van der Waals surface area contributed by atoms with Gasteiger partial charge in [-0.3, -0.25) is 0 Å². The summed E-state index contributed by atoms with van der Waals surface area (Å²) in [6.07, 6.45) is 1.16. The molecule has 2 N–H and O–H groups in total. The van der Waals surface area contributed by atoms with E-state index in [-0.39, 0.29) is 6.61 Å². The third-order valence-corrected chi connectivity index (χ3v) is 1.72. The number of nitrogens with zero attached hydrogens (tertiary/aromatic N) is 1. The van der Waals surface area contributed by atoms with Crippen molar-refractivity contribution in [1.29, 1.82) is 0 Å². The second kappa shape index (κ2) is 7.98. The minimum Gasteiger partial charge on any atom is -0.395 e. The third kappa shape index (κ3) is 7.78. The lowest BCUT2D eigenvalue weighted by Gasteiger charge is -2.13. The zero-order valence-corrected chi connectivity index (χ0v) is 7.64. The van der Waals surface area contributed by atoms with Crippen molar-refractivity contribution in [3.8, 4) is 0 Å². The van der Waals surface area contributed by atoms with Crippen molar-refractivity contribution in [1.82, 2.24) is 10.2 Å². The van der Waals surface area contributed by atoms with Gasteiger partial charge in [0.15, 0.2) is 0 Å². The molecule has 11 heavy (non-hydrogen) atoms. The van der Waals surface area contributed by atoms with E-state index >= 15 is 0 Å². The quantitative estimate of drug-likeness (QED) is 0.511. The van der Waals surface area contributed by atoms with Crippen LogP contribution >= 0.6 is 0 Å². The molecule has 0 aromatic carbocycles. The average molecular weight is 160 g/mol. The van der Waals surface area contributed by atoms with E-state index < -0.39 is 0 Å². The van der Waals surface area contributed by atoms with Crippen LogP contribution in [-0.4, -0.2) is 49.8 Å². The lowest BCUT2D eigenvalue weighted by Crippen LogP contribution is -2.25. The maximum Gasteiger partial charge on any atom is 0.0555 e. The molecule has 0 aromatic heterocycles. The standard InChI is InChI=1S/C8H20N2O/c1-3-10(2)7-4-5-9-6-8-11/h9,11H,3-8H2,1-2H3. The molecule has 0 saturated carbocycles. The van der Waals surface area contributed by atoms with Gasteiger partial charge in [0.1, 0.15) is 0 Å². The number of aliphatic hydroxyl groups excluding tert-OH is 1. The van der Waals surface area contributed by atoms with Gasteiger partial charge in [0.25, 0.3) is 0 Å². The molecule has 0 aliphatic carbocycles. The van der Waals surface area contributed by atoms with E-state index in [4.69, 9.17) is 5.11 Å². The summed E-state index contributed by atoms with van der Waals surface area (Å²) in [4.78, 5) is 2.28. The molecule has 0 spiro atoms. The molecule has 0 bridgehead atoms. The molecule has 3 nitrogen and oxygen atoms in total. The highest BCUT2D eigenvalue weighted by Crippen LogP contribution is 1.83. The van der Waals surface area contributed by atoms with Crippen LogP contribution in [-0.2, 0) is 0 Å². The second-order valence-electron chi connectivity index (χ2n) is 2.72. The van der Waals surface area contributed by atoms with Crippen LogP contribution in [0.1, 0.15) is 13.3 Å². The van der Waals surface area contributed by atoms with Gasteiger partial charge in [-0.2, -0.15) is 0 Å². The van der Waals surface area contributed by atoms with E-state index in [1.54, 1.807) is 0 Å². The first-order valence-corrected chi connectivity index (χ1v) is 4.31. The molecule has 0 aromatic rings. The molecule has 0 aliphatic rings. The van der Waals surface area contributed by atoms with Gasteiger partial charge in [-0.15, -0.1) is 0 Å². The van der Waals surface area contributed by atoms with Crippen LogP contribution in [0.5, 0.6) is 0 Å². The zero-order chi connectivity index (χ0) is 8.53. The van der Waals surface area contributed by atoms with Crippen LogP contribution in [0.3, 0.4) is 0 Å². The van der Waals surface area contributed by atoms with E-state index in [2.05, 4.69) is 24.2 Å². The van der Waals surface area contributed by atoms with Crippen molar-refractivity contribution >= 4 is 0 Å². The second-order valence-corrected chi connectivity index (χ2v) is 2.72. The summed E-state index contributed by atoms with van der Waals surface area (Å²) in [5.41, 5.74) is 0. The molecule has 0 unspecified atom stereocenters. The molecule has 0 aliphatic heterocycles. The van der Waals surface area contributed by atoms with Gasteiger partial charge in [-0.25, -0.2) is 0 Å². The van der Waals surface area contributed by atoms with E-state index in [0.29, 0.717) is 0 Å². The maximum absolute atomic E-state index is 8.45. The molecule has 0 atom stereocenters. The first-order chi connectivity index (χ1) is 5.31. The summed E-state index contributed by atoms with van der Waals surface area (Å²) in [6.45, 7) is 6.36. The fourth-order valence-electron chi connectivity index (χ4n) is 0.836. The fourth-order valence-corrected chi connectivity index (χ4v) is 0.836. The average Bonchev–Trinajstić information content (AvgIpc) is 2.04. The molecule has 0 rings (SSSR count). The highest BCUT2D eigenvalue weighted by Gasteiger charge is 1.92. The predicted octanol–water partition coefficient (Wildman–Crippen LogP) is -0.0899. The van der Waals surface area contributed by atoms with Crippen molar-refractivity contribution in [3.63, 3.8) is 0 Å². The Balaban J connectivity index is 2.89. The fraction of sp³-hybridized carbons (Fsp3) is 1.00. The van der Waals surface area contributed by atoms with Gasteiger partial charge in [-0.05, 0) is 33.1 Å². The Morgan fingerprint density at radius 2 is 2.09 bits per heavy atom. The molecular weight excluding hydrogens is 140 g/mol. The summed E-state index contributed by atoms with van der Waals surface area (Å²) in [5, 5.41) is 11.6. The lowest BCUT2D eigenvalue weighted by molar-refractivity contribution is 0.288.